The zero-order chi connectivity index (χ0) is 22.5. The van der Waals surface area contributed by atoms with Gasteiger partial charge in [0, 0.05) is 22.6 Å². The first-order valence-corrected chi connectivity index (χ1v) is 10.7. The molecule has 0 saturated heterocycles. The van der Waals surface area contributed by atoms with Gasteiger partial charge in [-0.1, -0.05) is 60.7 Å². The van der Waals surface area contributed by atoms with Crippen molar-refractivity contribution in [3.05, 3.63) is 84.9 Å². The minimum atomic E-state index is 0. The van der Waals surface area contributed by atoms with Crippen molar-refractivity contribution in [1.82, 2.24) is 39.9 Å². The van der Waals surface area contributed by atoms with Crippen LogP contribution in [-0.4, -0.2) is 29.9 Å². The summed E-state index contributed by atoms with van der Waals surface area (Å²) in [5.41, 5.74) is 4.20. The summed E-state index contributed by atoms with van der Waals surface area (Å²) in [6, 6.07) is 26.8. The van der Waals surface area contributed by atoms with Gasteiger partial charge in [-0.15, -0.1) is 0 Å². The maximum atomic E-state index is 4.71. The normalized spacial score (nSPS) is 11.2. The first-order chi connectivity index (χ1) is 16.8. The number of fused-ring (bicyclic) bond motifs is 14. The van der Waals surface area contributed by atoms with Crippen LogP contribution in [0.4, 0.5) is 0 Å². The molecule has 0 amide bonds. The van der Waals surface area contributed by atoms with E-state index < -0.39 is 0 Å². The number of nitrogens with zero attached hydrogens (tertiary/aromatic N) is 8. The Morgan fingerprint density at radius 1 is 0.343 bits per heavy atom. The van der Waals surface area contributed by atoms with Crippen LogP contribution in [0.25, 0.3) is 66.7 Å². The number of pyridine rings is 2. The molecular formula is C26H14N8Zn. The summed E-state index contributed by atoms with van der Waals surface area (Å²) in [7, 11) is 0. The van der Waals surface area contributed by atoms with E-state index in [1.165, 1.54) is 0 Å². The third-order valence-electron chi connectivity index (χ3n) is 5.56. The molecule has 160 valence electrons. The van der Waals surface area contributed by atoms with Crippen molar-refractivity contribution >= 4 is 66.7 Å². The Balaban J connectivity index is 0.00000229. The van der Waals surface area contributed by atoms with Crippen LogP contribution < -0.4 is 9.97 Å². The molecule has 0 spiro atoms. The molecular weight excluding hydrogens is 490 g/mol. The first-order valence-electron chi connectivity index (χ1n) is 10.7. The fourth-order valence-electron chi connectivity index (χ4n) is 4.04. The largest absolute Gasteiger partial charge is 2.00 e. The van der Waals surface area contributed by atoms with Gasteiger partial charge in [0.15, 0.2) is 0 Å². The molecule has 0 saturated carbocycles. The van der Waals surface area contributed by atoms with Gasteiger partial charge in [0.2, 0.25) is 0 Å². The second-order valence-electron chi connectivity index (χ2n) is 7.76. The fraction of sp³-hybridized carbons (Fsp3) is 0. The Hall–Kier alpha value is -4.36. The molecule has 7 rings (SSSR count). The molecule has 0 radical (unpaired) electrons. The van der Waals surface area contributed by atoms with Gasteiger partial charge < -0.3 is 29.9 Å². The van der Waals surface area contributed by atoms with Crippen molar-refractivity contribution in [2.75, 3.05) is 0 Å². The van der Waals surface area contributed by atoms with E-state index in [-0.39, 0.29) is 19.5 Å². The van der Waals surface area contributed by atoms with Crippen LogP contribution in [0.15, 0.2) is 84.9 Å². The number of aromatic nitrogens is 8. The quantitative estimate of drug-likeness (QED) is 0.277. The van der Waals surface area contributed by atoms with Crippen molar-refractivity contribution in [2.24, 2.45) is 0 Å². The van der Waals surface area contributed by atoms with E-state index in [2.05, 4.69) is 9.97 Å². The molecule has 7 aromatic rings. The van der Waals surface area contributed by atoms with Crippen LogP contribution in [0.1, 0.15) is 0 Å². The smallest absolute Gasteiger partial charge is 0.357 e. The van der Waals surface area contributed by atoms with Gasteiger partial charge in [0.25, 0.3) is 0 Å². The van der Waals surface area contributed by atoms with Crippen LogP contribution in [0, 0.1) is 0 Å². The molecule has 0 fully saturated rings. The minimum absolute atomic E-state index is 0. The van der Waals surface area contributed by atoms with Crippen molar-refractivity contribution in [1.29, 1.82) is 0 Å². The van der Waals surface area contributed by atoms with Gasteiger partial charge >= 0.3 is 19.5 Å². The van der Waals surface area contributed by atoms with Crippen molar-refractivity contribution in [2.45, 2.75) is 0 Å². The Morgan fingerprint density at radius 2 is 0.629 bits per heavy atom. The third-order valence-corrected chi connectivity index (χ3v) is 5.56. The van der Waals surface area contributed by atoms with Gasteiger partial charge in [0.05, 0.1) is 22.6 Å². The average molecular weight is 504 g/mol. The molecule has 5 aromatic heterocycles. The maximum absolute atomic E-state index is 4.71. The van der Waals surface area contributed by atoms with Crippen LogP contribution >= 0.6 is 0 Å². The van der Waals surface area contributed by atoms with Gasteiger partial charge in [-0.3, -0.25) is 0 Å². The van der Waals surface area contributed by atoms with Crippen LogP contribution in [-0.2, 0) is 19.5 Å². The molecule has 9 heteroatoms. The number of benzene rings is 2. The molecule has 0 aliphatic rings. The van der Waals surface area contributed by atoms with Gasteiger partial charge in [-0.05, 0) is 45.8 Å². The maximum Gasteiger partial charge on any atom is 2.00 e. The van der Waals surface area contributed by atoms with E-state index in [0.717, 1.165) is 21.5 Å². The monoisotopic (exact) mass is 502 g/mol. The first kappa shape index (κ1) is 21.2. The summed E-state index contributed by atoms with van der Waals surface area (Å²) in [5.74, 6) is 0. The van der Waals surface area contributed by atoms with Gasteiger partial charge in [-0.2, -0.15) is 0 Å². The molecule has 0 aliphatic heterocycles. The molecule has 0 atom stereocenters. The second kappa shape index (κ2) is 8.45. The van der Waals surface area contributed by atoms with Crippen molar-refractivity contribution in [3.63, 3.8) is 0 Å². The predicted octanol–water partition coefficient (Wildman–Crippen LogP) is 4.57. The van der Waals surface area contributed by atoms with E-state index in [9.17, 15) is 0 Å². The van der Waals surface area contributed by atoms with Crippen molar-refractivity contribution in [3.8, 4) is 0 Å². The molecule has 8 bridgehead atoms. The number of hydrogen-bond acceptors (Lipinski definition) is 6. The molecule has 0 N–H and O–H groups in total. The molecule has 8 nitrogen and oxygen atoms in total. The van der Waals surface area contributed by atoms with E-state index in [4.69, 9.17) is 29.9 Å². The van der Waals surface area contributed by atoms with Crippen LogP contribution in [0.5, 0.6) is 0 Å². The predicted molar refractivity (Wildman–Crippen MR) is 131 cm³/mol. The molecule has 0 unspecified atom stereocenters. The Kier molecular flexibility index (Phi) is 5.12. The Morgan fingerprint density at radius 3 is 0.914 bits per heavy atom. The standard InChI is InChI=1S/C26H14N8.Zn/c1-2-8-16-15(7-1)23-29-19-11-5-13-21(27-19)31-25-17-9-3-4-10-18(17)26(34-25)32-22-14-6-12-20(28-22)30-24(16)33-23;/h1-14H;/q-2;+2. The minimum Gasteiger partial charge on any atom is -0.357 e. The Labute approximate surface area is 210 Å². The summed E-state index contributed by atoms with van der Waals surface area (Å²) in [6.45, 7) is 0. The molecule has 0 aliphatic carbocycles. The third kappa shape index (κ3) is 3.76. The number of rotatable bonds is 0. The summed E-state index contributed by atoms with van der Waals surface area (Å²) in [5, 5.41) is 3.57. The summed E-state index contributed by atoms with van der Waals surface area (Å²) in [6.07, 6.45) is 0. The average Bonchev–Trinajstić information content (AvgIpc) is 3.37. The number of hydrogen-bond donors (Lipinski definition) is 0. The topological polar surface area (TPSA) is 106 Å². The van der Waals surface area contributed by atoms with Gasteiger partial charge in [0.1, 0.15) is 0 Å². The van der Waals surface area contributed by atoms with E-state index >= 15 is 0 Å². The SMILES string of the molecule is [Zn+2].c1cc2nc(c1)nc1[n-]c(nc3cccc(n3)nc3[n-]c(n2)c2ccccc32)c2ccccc12. The summed E-state index contributed by atoms with van der Waals surface area (Å²) < 4.78 is 0. The van der Waals surface area contributed by atoms with Crippen LogP contribution in [0.3, 0.4) is 0 Å². The van der Waals surface area contributed by atoms with Gasteiger partial charge in [-0.25, -0.2) is 9.97 Å². The zero-order valence-corrected chi connectivity index (χ0v) is 21.3. The van der Waals surface area contributed by atoms with Crippen LogP contribution in [0.2, 0.25) is 0 Å². The fourth-order valence-corrected chi connectivity index (χ4v) is 4.04. The second-order valence-corrected chi connectivity index (χ2v) is 7.76. The van der Waals surface area contributed by atoms with Crippen molar-refractivity contribution < 1.29 is 19.5 Å². The van der Waals surface area contributed by atoms with E-state index in [0.29, 0.717) is 45.2 Å². The van der Waals surface area contributed by atoms with E-state index in [1.54, 1.807) is 0 Å². The summed E-state index contributed by atoms with van der Waals surface area (Å²) >= 11 is 0. The molecule has 5 heterocycles. The van der Waals surface area contributed by atoms with E-state index in [1.807, 2.05) is 84.9 Å². The molecule has 2 aromatic carbocycles. The Bertz CT molecular complexity index is 1720. The zero-order valence-electron chi connectivity index (χ0n) is 18.4. The summed E-state index contributed by atoms with van der Waals surface area (Å²) in [4.78, 5) is 37.5. The molecule has 35 heavy (non-hydrogen) atoms.